The van der Waals surface area contributed by atoms with Crippen molar-refractivity contribution in [3.63, 3.8) is 0 Å². The summed E-state index contributed by atoms with van der Waals surface area (Å²) in [6.07, 6.45) is 3.76. The lowest BCUT2D eigenvalue weighted by atomic mass is 9.85. The highest BCUT2D eigenvalue weighted by Gasteiger charge is 2.25. The van der Waals surface area contributed by atoms with Gasteiger partial charge in [0, 0.05) is 12.0 Å². The number of hydrogen-bond acceptors (Lipinski definition) is 3. The minimum Gasteiger partial charge on any atom is -0.495 e. The summed E-state index contributed by atoms with van der Waals surface area (Å²) in [7, 11) is 1.61. The first-order valence-electron chi connectivity index (χ1n) is 6.81. The molecule has 0 saturated heterocycles. The summed E-state index contributed by atoms with van der Waals surface area (Å²) in [6.45, 7) is 1.99. The van der Waals surface area contributed by atoms with Gasteiger partial charge in [-0.05, 0) is 43.9 Å². The van der Waals surface area contributed by atoms with Crippen molar-refractivity contribution in [3.8, 4) is 5.75 Å². The Bertz CT molecular complexity index is 459. The van der Waals surface area contributed by atoms with Crippen LogP contribution in [0.2, 0.25) is 0 Å². The Labute approximate surface area is 114 Å². The highest BCUT2D eigenvalue weighted by Crippen LogP contribution is 2.28. The lowest BCUT2D eigenvalue weighted by Crippen LogP contribution is -2.34. The van der Waals surface area contributed by atoms with Crippen LogP contribution in [0.15, 0.2) is 18.2 Å². The maximum Gasteiger partial charge on any atom is 0.227 e. The van der Waals surface area contributed by atoms with Crippen LogP contribution in [0.4, 0.5) is 5.69 Å². The number of aryl methyl sites for hydroxylation is 1. The molecule has 1 amide bonds. The molecule has 0 radical (unpaired) electrons. The van der Waals surface area contributed by atoms with Crippen LogP contribution in [0.3, 0.4) is 0 Å². The standard InChI is InChI=1S/C15H22N2O2/c1-10-6-7-14(19-2)13(8-10)17-15(18)11-4-3-5-12(16)9-11/h6-8,11-12H,3-5,9,16H2,1-2H3,(H,17,18). The molecule has 0 spiro atoms. The number of carbonyl (C=O) groups is 1. The largest absolute Gasteiger partial charge is 0.495 e. The first-order valence-corrected chi connectivity index (χ1v) is 6.81. The van der Waals surface area contributed by atoms with Crippen LogP contribution >= 0.6 is 0 Å². The molecule has 1 aromatic carbocycles. The smallest absolute Gasteiger partial charge is 0.227 e. The molecule has 2 unspecified atom stereocenters. The number of hydrogen-bond donors (Lipinski definition) is 2. The van der Waals surface area contributed by atoms with E-state index in [1.54, 1.807) is 7.11 Å². The van der Waals surface area contributed by atoms with Gasteiger partial charge in [0.2, 0.25) is 5.91 Å². The Morgan fingerprint density at radius 3 is 2.89 bits per heavy atom. The number of anilines is 1. The molecule has 0 aromatic heterocycles. The van der Waals surface area contributed by atoms with Gasteiger partial charge in [-0.25, -0.2) is 0 Å². The zero-order valence-electron chi connectivity index (χ0n) is 11.6. The van der Waals surface area contributed by atoms with Crippen molar-refractivity contribution < 1.29 is 9.53 Å². The Morgan fingerprint density at radius 2 is 2.21 bits per heavy atom. The molecule has 3 N–H and O–H groups in total. The van der Waals surface area contributed by atoms with Gasteiger partial charge in [-0.3, -0.25) is 4.79 Å². The van der Waals surface area contributed by atoms with Gasteiger partial charge in [-0.15, -0.1) is 0 Å². The molecule has 2 atom stereocenters. The van der Waals surface area contributed by atoms with E-state index in [0.717, 1.165) is 36.9 Å². The molecule has 104 valence electrons. The van der Waals surface area contributed by atoms with E-state index in [9.17, 15) is 4.79 Å². The van der Waals surface area contributed by atoms with Crippen molar-refractivity contribution in [2.24, 2.45) is 11.7 Å². The van der Waals surface area contributed by atoms with E-state index in [4.69, 9.17) is 10.5 Å². The Hall–Kier alpha value is -1.55. The van der Waals surface area contributed by atoms with Crippen molar-refractivity contribution in [1.82, 2.24) is 0 Å². The molecule has 19 heavy (non-hydrogen) atoms. The summed E-state index contributed by atoms with van der Waals surface area (Å²) in [6, 6.07) is 5.92. The predicted octanol–water partition coefficient (Wildman–Crippen LogP) is 2.46. The van der Waals surface area contributed by atoms with Gasteiger partial charge in [0.15, 0.2) is 0 Å². The van der Waals surface area contributed by atoms with Crippen LogP contribution < -0.4 is 15.8 Å². The average molecular weight is 262 g/mol. The second-order valence-corrected chi connectivity index (χ2v) is 5.32. The molecule has 0 heterocycles. The average Bonchev–Trinajstić information content (AvgIpc) is 2.39. The molecule has 4 nitrogen and oxygen atoms in total. The molecule has 1 aliphatic carbocycles. The highest BCUT2D eigenvalue weighted by atomic mass is 16.5. The van der Waals surface area contributed by atoms with Crippen molar-refractivity contribution in [2.75, 3.05) is 12.4 Å². The molecule has 4 heteroatoms. The van der Waals surface area contributed by atoms with Crippen molar-refractivity contribution >= 4 is 11.6 Å². The van der Waals surface area contributed by atoms with Crippen LogP contribution in [0.25, 0.3) is 0 Å². The fourth-order valence-corrected chi connectivity index (χ4v) is 2.62. The second-order valence-electron chi connectivity index (χ2n) is 5.32. The third kappa shape index (κ3) is 3.47. The van der Waals surface area contributed by atoms with Gasteiger partial charge in [0.05, 0.1) is 12.8 Å². The number of benzene rings is 1. The third-order valence-electron chi connectivity index (χ3n) is 3.70. The Balaban J connectivity index is 2.07. The molecular formula is C15H22N2O2. The van der Waals surface area contributed by atoms with E-state index >= 15 is 0 Å². The Morgan fingerprint density at radius 1 is 1.42 bits per heavy atom. The zero-order valence-corrected chi connectivity index (χ0v) is 11.6. The first-order chi connectivity index (χ1) is 9.10. The molecule has 1 aromatic rings. The summed E-state index contributed by atoms with van der Waals surface area (Å²) in [5.41, 5.74) is 7.77. The van der Waals surface area contributed by atoms with Crippen LogP contribution in [0, 0.1) is 12.8 Å². The zero-order chi connectivity index (χ0) is 13.8. The maximum absolute atomic E-state index is 12.3. The van der Waals surface area contributed by atoms with Crippen LogP contribution in [0.5, 0.6) is 5.75 Å². The Kier molecular flexibility index (Phi) is 4.43. The number of methoxy groups -OCH3 is 1. The fourth-order valence-electron chi connectivity index (χ4n) is 2.62. The van der Waals surface area contributed by atoms with Gasteiger partial charge in [-0.1, -0.05) is 12.5 Å². The third-order valence-corrected chi connectivity index (χ3v) is 3.70. The summed E-state index contributed by atoms with van der Waals surface area (Å²) in [5, 5.41) is 2.97. The van der Waals surface area contributed by atoms with Crippen LogP contribution in [0.1, 0.15) is 31.2 Å². The monoisotopic (exact) mass is 262 g/mol. The first kappa shape index (κ1) is 13.9. The minimum absolute atomic E-state index is 0.0222. The lowest BCUT2D eigenvalue weighted by Gasteiger charge is -2.26. The molecule has 2 rings (SSSR count). The fraction of sp³-hybridized carbons (Fsp3) is 0.533. The minimum atomic E-state index is 0.0222. The van der Waals surface area contributed by atoms with Crippen molar-refractivity contribution in [2.45, 2.75) is 38.6 Å². The molecular weight excluding hydrogens is 240 g/mol. The van der Waals surface area contributed by atoms with E-state index in [2.05, 4.69) is 5.32 Å². The van der Waals surface area contributed by atoms with E-state index < -0.39 is 0 Å². The molecule has 0 bridgehead atoms. The van der Waals surface area contributed by atoms with E-state index in [1.807, 2.05) is 25.1 Å². The number of carbonyl (C=O) groups excluding carboxylic acids is 1. The number of amides is 1. The normalized spacial score (nSPS) is 22.9. The van der Waals surface area contributed by atoms with Gasteiger partial charge in [0.25, 0.3) is 0 Å². The van der Waals surface area contributed by atoms with E-state index in [0.29, 0.717) is 5.75 Å². The molecule has 1 fully saturated rings. The van der Waals surface area contributed by atoms with Gasteiger partial charge < -0.3 is 15.8 Å². The summed E-state index contributed by atoms with van der Waals surface area (Å²) < 4.78 is 5.27. The lowest BCUT2D eigenvalue weighted by molar-refractivity contribution is -0.120. The summed E-state index contributed by atoms with van der Waals surface area (Å²) in [5.74, 6) is 0.770. The van der Waals surface area contributed by atoms with E-state index in [1.165, 1.54) is 0 Å². The summed E-state index contributed by atoms with van der Waals surface area (Å²) >= 11 is 0. The second kappa shape index (κ2) is 6.06. The van der Waals surface area contributed by atoms with Gasteiger partial charge >= 0.3 is 0 Å². The SMILES string of the molecule is COc1ccc(C)cc1NC(=O)C1CCCC(N)C1. The van der Waals surface area contributed by atoms with Gasteiger partial charge in [-0.2, -0.15) is 0 Å². The van der Waals surface area contributed by atoms with Crippen LogP contribution in [-0.2, 0) is 4.79 Å². The van der Waals surface area contributed by atoms with Gasteiger partial charge in [0.1, 0.15) is 5.75 Å². The molecule has 1 aliphatic rings. The molecule has 0 aliphatic heterocycles. The van der Waals surface area contributed by atoms with E-state index in [-0.39, 0.29) is 17.9 Å². The molecule has 1 saturated carbocycles. The van der Waals surface area contributed by atoms with Crippen molar-refractivity contribution in [3.05, 3.63) is 23.8 Å². The quantitative estimate of drug-likeness (QED) is 0.879. The number of nitrogens with one attached hydrogen (secondary N) is 1. The maximum atomic E-state index is 12.3. The van der Waals surface area contributed by atoms with Crippen molar-refractivity contribution in [1.29, 1.82) is 0 Å². The highest BCUT2D eigenvalue weighted by molar-refractivity contribution is 5.94. The number of rotatable bonds is 3. The topological polar surface area (TPSA) is 64.3 Å². The van der Waals surface area contributed by atoms with Crippen LogP contribution in [-0.4, -0.2) is 19.1 Å². The summed E-state index contributed by atoms with van der Waals surface area (Å²) in [4.78, 5) is 12.3. The predicted molar refractivity (Wildman–Crippen MR) is 76.3 cm³/mol. The number of ether oxygens (including phenoxy) is 1. The number of nitrogens with two attached hydrogens (primary N) is 1.